The van der Waals surface area contributed by atoms with E-state index in [1.54, 1.807) is 22.6 Å². The van der Waals surface area contributed by atoms with E-state index in [2.05, 4.69) is 17.5 Å². The predicted octanol–water partition coefficient (Wildman–Crippen LogP) is 1.39. The molecule has 4 fully saturated rings. The smallest absolute Gasteiger partial charge is 0.315 e. The monoisotopic (exact) mass is 290 g/mol. The molecule has 1 aromatic rings. The van der Waals surface area contributed by atoms with E-state index in [0.717, 1.165) is 17.8 Å². The molecule has 1 aromatic heterocycles. The van der Waals surface area contributed by atoms with E-state index < -0.39 is 0 Å². The summed E-state index contributed by atoms with van der Waals surface area (Å²) in [5, 5.41) is 7.79. The molecule has 0 saturated heterocycles. The highest BCUT2D eigenvalue weighted by Crippen LogP contribution is 2.61. The van der Waals surface area contributed by atoms with E-state index in [1.165, 1.54) is 38.5 Å². The molecule has 5 nitrogen and oxygen atoms in total. The lowest BCUT2D eigenvalue weighted by Crippen LogP contribution is -2.57. The lowest BCUT2D eigenvalue weighted by molar-refractivity contribution is -0.0760. The SMILES string of the molecule is CNC(Cn1ncn(C)c1=O)C12CC3CC(CC(C3)C1)C2. The molecule has 1 N–H and O–H groups in total. The summed E-state index contributed by atoms with van der Waals surface area (Å²) in [6, 6.07) is 0.374. The zero-order chi connectivity index (χ0) is 14.6. The fourth-order valence-corrected chi connectivity index (χ4v) is 5.91. The van der Waals surface area contributed by atoms with Crippen LogP contribution in [0.5, 0.6) is 0 Å². The van der Waals surface area contributed by atoms with Gasteiger partial charge in [-0.2, -0.15) is 5.10 Å². The molecule has 1 heterocycles. The number of hydrogen-bond acceptors (Lipinski definition) is 3. The van der Waals surface area contributed by atoms with Crippen molar-refractivity contribution in [2.24, 2.45) is 30.2 Å². The molecule has 1 atom stereocenters. The second-order valence-electron chi connectivity index (χ2n) is 7.83. The molecule has 116 valence electrons. The van der Waals surface area contributed by atoms with Crippen molar-refractivity contribution in [2.45, 2.75) is 51.1 Å². The zero-order valence-corrected chi connectivity index (χ0v) is 13.1. The first-order valence-electron chi connectivity index (χ1n) is 8.35. The van der Waals surface area contributed by atoms with Gasteiger partial charge in [0.1, 0.15) is 6.33 Å². The number of nitrogens with zero attached hydrogens (tertiary/aromatic N) is 3. The Balaban J connectivity index is 1.61. The second-order valence-corrected chi connectivity index (χ2v) is 7.83. The minimum atomic E-state index is -0.0000201. The largest absolute Gasteiger partial charge is 0.345 e. The van der Waals surface area contributed by atoms with Crippen LogP contribution < -0.4 is 11.0 Å². The number of hydrogen-bond donors (Lipinski definition) is 1. The number of aryl methyl sites for hydroxylation is 1. The lowest BCUT2D eigenvalue weighted by Gasteiger charge is -2.59. The van der Waals surface area contributed by atoms with Crippen molar-refractivity contribution in [1.82, 2.24) is 19.7 Å². The van der Waals surface area contributed by atoms with Gasteiger partial charge in [-0.05, 0) is 68.7 Å². The Morgan fingerprint density at radius 2 is 1.86 bits per heavy atom. The maximum Gasteiger partial charge on any atom is 0.345 e. The van der Waals surface area contributed by atoms with Crippen LogP contribution in [0.4, 0.5) is 0 Å². The first-order valence-corrected chi connectivity index (χ1v) is 8.35. The molecule has 1 unspecified atom stereocenters. The molecule has 5 heteroatoms. The van der Waals surface area contributed by atoms with E-state index in [4.69, 9.17) is 0 Å². The molecule has 0 aliphatic heterocycles. The number of likely N-dealkylation sites (N-methyl/N-ethyl adjacent to an activating group) is 1. The van der Waals surface area contributed by atoms with Crippen LogP contribution in [0.1, 0.15) is 38.5 Å². The van der Waals surface area contributed by atoms with E-state index >= 15 is 0 Å². The van der Waals surface area contributed by atoms with Gasteiger partial charge in [0.15, 0.2) is 0 Å². The third kappa shape index (κ3) is 2.08. The maximum atomic E-state index is 12.1. The van der Waals surface area contributed by atoms with Crippen LogP contribution in [0.3, 0.4) is 0 Å². The van der Waals surface area contributed by atoms with Gasteiger partial charge < -0.3 is 5.32 Å². The van der Waals surface area contributed by atoms with Crippen molar-refractivity contribution in [2.75, 3.05) is 7.05 Å². The normalized spacial score (nSPS) is 38.9. The topological polar surface area (TPSA) is 51.9 Å². The highest BCUT2D eigenvalue weighted by atomic mass is 16.2. The molecular formula is C16H26N4O. The zero-order valence-electron chi connectivity index (χ0n) is 13.1. The van der Waals surface area contributed by atoms with Crippen LogP contribution in [0.15, 0.2) is 11.1 Å². The molecule has 0 aromatic carbocycles. The third-order valence-corrected chi connectivity index (χ3v) is 6.42. The highest BCUT2D eigenvalue weighted by Gasteiger charge is 2.53. The van der Waals surface area contributed by atoms with Crippen LogP contribution >= 0.6 is 0 Å². The summed E-state index contributed by atoms with van der Waals surface area (Å²) in [6.07, 6.45) is 10.1. The van der Waals surface area contributed by atoms with Crippen molar-refractivity contribution in [3.63, 3.8) is 0 Å². The van der Waals surface area contributed by atoms with Crippen molar-refractivity contribution in [1.29, 1.82) is 0 Å². The van der Waals surface area contributed by atoms with Crippen molar-refractivity contribution in [3.05, 3.63) is 16.8 Å². The minimum absolute atomic E-state index is 0.0000201. The van der Waals surface area contributed by atoms with E-state index in [0.29, 0.717) is 18.0 Å². The Bertz CT molecular complexity index is 552. The number of nitrogens with one attached hydrogen (secondary N) is 1. The van der Waals surface area contributed by atoms with Gasteiger partial charge in [-0.25, -0.2) is 9.48 Å². The molecule has 4 aliphatic carbocycles. The Morgan fingerprint density at radius 1 is 1.29 bits per heavy atom. The summed E-state index contributed by atoms with van der Waals surface area (Å²) in [5.74, 6) is 2.81. The number of aromatic nitrogens is 3. The van der Waals surface area contributed by atoms with Gasteiger partial charge in [0.25, 0.3) is 0 Å². The van der Waals surface area contributed by atoms with Crippen molar-refractivity contribution >= 4 is 0 Å². The average Bonchev–Trinajstić information content (AvgIpc) is 2.74. The predicted molar refractivity (Wildman–Crippen MR) is 80.9 cm³/mol. The molecule has 0 amide bonds. The van der Waals surface area contributed by atoms with Crippen LogP contribution in [-0.2, 0) is 13.6 Å². The first-order chi connectivity index (χ1) is 10.1. The van der Waals surface area contributed by atoms with Gasteiger partial charge in [0.05, 0.1) is 6.54 Å². The molecule has 5 rings (SSSR count). The lowest BCUT2D eigenvalue weighted by atomic mass is 9.47. The molecule has 4 bridgehead atoms. The maximum absolute atomic E-state index is 12.1. The fraction of sp³-hybridized carbons (Fsp3) is 0.875. The summed E-state index contributed by atoms with van der Waals surface area (Å²) in [6.45, 7) is 0.711. The third-order valence-electron chi connectivity index (χ3n) is 6.42. The standard InChI is InChI=1S/C16H26N4O/c1-17-14(9-20-15(21)19(2)10-18-20)16-6-11-3-12(7-16)5-13(4-11)8-16/h10-14,17H,3-9H2,1-2H3. The summed E-state index contributed by atoms with van der Waals surface area (Å²) < 4.78 is 3.20. The van der Waals surface area contributed by atoms with E-state index in [1.807, 2.05) is 0 Å². The van der Waals surface area contributed by atoms with E-state index in [-0.39, 0.29) is 5.69 Å². The van der Waals surface area contributed by atoms with Crippen LogP contribution in [0.2, 0.25) is 0 Å². The molecule has 0 radical (unpaired) electrons. The fourth-order valence-electron chi connectivity index (χ4n) is 5.91. The second kappa shape index (κ2) is 4.70. The van der Waals surface area contributed by atoms with Gasteiger partial charge >= 0.3 is 5.69 Å². The van der Waals surface area contributed by atoms with Gasteiger partial charge in [0.2, 0.25) is 0 Å². The quantitative estimate of drug-likeness (QED) is 0.911. The molecule has 0 spiro atoms. The Labute approximate surface area is 125 Å². The Morgan fingerprint density at radius 3 is 2.29 bits per heavy atom. The van der Waals surface area contributed by atoms with Crippen molar-refractivity contribution < 1.29 is 0 Å². The van der Waals surface area contributed by atoms with E-state index in [9.17, 15) is 4.79 Å². The molecule has 4 aliphatic rings. The Kier molecular flexibility index (Phi) is 3.03. The average molecular weight is 290 g/mol. The van der Waals surface area contributed by atoms with Crippen LogP contribution in [-0.4, -0.2) is 27.4 Å². The molecule has 4 saturated carbocycles. The summed E-state index contributed by atoms with van der Waals surface area (Å²) in [7, 11) is 3.82. The highest BCUT2D eigenvalue weighted by molar-refractivity contribution is 5.05. The summed E-state index contributed by atoms with van der Waals surface area (Å²) >= 11 is 0. The van der Waals surface area contributed by atoms with Crippen LogP contribution in [0.25, 0.3) is 0 Å². The summed E-state index contributed by atoms with van der Waals surface area (Å²) in [5.41, 5.74) is 0.403. The Hall–Kier alpha value is -1.10. The first kappa shape index (κ1) is 13.6. The van der Waals surface area contributed by atoms with Gasteiger partial charge in [0, 0.05) is 13.1 Å². The minimum Gasteiger partial charge on any atom is -0.315 e. The number of rotatable bonds is 4. The van der Waals surface area contributed by atoms with Crippen molar-refractivity contribution in [3.8, 4) is 0 Å². The van der Waals surface area contributed by atoms with Gasteiger partial charge in [-0.15, -0.1) is 0 Å². The molecular weight excluding hydrogens is 264 g/mol. The molecule has 21 heavy (non-hydrogen) atoms. The van der Waals surface area contributed by atoms with Gasteiger partial charge in [-0.1, -0.05) is 0 Å². The van der Waals surface area contributed by atoms with Gasteiger partial charge in [-0.3, -0.25) is 4.57 Å². The summed E-state index contributed by atoms with van der Waals surface area (Å²) in [4.78, 5) is 12.1. The van der Waals surface area contributed by atoms with Crippen LogP contribution in [0, 0.1) is 23.2 Å².